The van der Waals surface area contributed by atoms with E-state index in [2.05, 4.69) is 21.3 Å². The number of benzene rings is 1. The molecule has 0 saturated carbocycles. The van der Waals surface area contributed by atoms with E-state index in [9.17, 15) is 53.1 Å². The molecule has 3 rings (SSSR count). The number of hydrogen-bond donors (Lipinski definition) is 6. The number of carbonyl (C=O) groups excluding carboxylic acids is 11. The van der Waals surface area contributed by atoms with Crippen LogP contribution in [0.3, 0.4) is 0 Å². The van der Waals surface area contributed by atoms with Gasteiger partial charge in [0.15, 0.2) is 0 Å². The normalized spacial score (nSPS) is 25.2. The first-order valence-corrected chi connectivity index (χ1v) is 36.1. The Labute approximate surface area is 607 Å². The lowest BCUT2D eigenvalue weighted by molar-refractivity contribution is -0.157. The topological polar surface area (TPSA) is 335 Å². The number of carboxylic acid groups (broad SMARTS) is 1. The van der Waals surface area contributed by atoms with Gasteiger partial charge in [0.05, 0.1) is 19.8 Å². The molecule has 578 valence electrons. The summed E-state index contributed by atoms with van der Waals surface area (Å²) in [4.78, 5) is 180. The van der Waals surface area contributed by atoms with Crippen LogP contribution in [0.4, 0.5) is 0 Å². The highest BCUT2D eigenvalue weighted by Gasteiger charge is 2.46. The summed E-state index contributed by atoms with van der Waals surface area (Å²) in [6.45, 7) is 33.4. The summed E-state index contributed by atoms with van der Waals surface area (Å²) >= 11 is 0. The van der Waals surface area contributed by atoms with Gasteiger partial charge in [0, 0.05) is 54.9 Å². The molecule has 1 aromatic rings. The molecule has 2 aliphatic rings. The summed E-state index contributed by atoms with van der Waals surface area (Å²) < 4.78 is 11.0. The maximum Gasteiger partial charge on any atom is 0.339 e. The van der Waals surface area contributed by atoms with E-state index in [0.29, 0.717) is 12.2 Å². The fourth-order valence-corrected chi connectivity index (χ4v) is 12.8. The van der Waals surface area contributed by atoms with Crippen LogP contribution in [0, 0.1) is 41.4 Å². The Kier molecular flexibility index (Phi) is 35.6. The van der Waals surface area contributed by atoms with Crippen molar-refractivity contribution in [2.45, 2.75) is 255 Å². The number of carbonyl (C=O) groups is 12. The molecule has 102 heavy (non-hydrogen) atoms. The van der Waals surface area contributed by atoms with Crippen LogP contribution in [-0.4, -0.2) is 251 Å². The summed E-state index contributed by atoms with van der Waals surface area (Å²) in [5.41, 5.74) is 0.837. The molecule has 0 bridgehead atoms. The molecule has 11 amide bonds. The van der Waals surface area contributed by atoms with Gasteiger partial charge in [-0.3, -0.25) is 52.7 Å². The van der Waals surface area contributed by atoms with Crippen LogP contribution in [-0.2, 0) is 59.2 Å². The second kappa shape index (κ2) is 40.3. The second-order valence-corrected chi connectivity index (χ2v) is 30.9. The van der Waals surface area contributed by atoms with Crippen molar-refractivity contribution in [3.63, 3.8) is 0 Å². The highest BCUT2D eigenvalue weighted by molar-refractivity contribution is 6.00. The van der Waals surface area contributed by atoms with Gasteiger partial charge in [-0.05, 0) is 140 Å². The van der Waals surface area contributed by atoms with E-state index in [0.717, 1.165) is 34.0 Å². The number of nitrogens with one attached hydrogen (secondary N) is 4. The SMILES string of the molecule is CC=CCC(C)C(O)C1C(=O)NC(CC)C(=O)N(C)CC(=O)N(C)C(CC(C)C)C(=O)NC(C(C)C)C(=O)N(C)C(CC(C)C)C(=O)NC(C)C(=O)NC(C)C(=O)N(C)C(CC(C)C)C(=O)N(C)C(CC(C)C)C(=O)N(C)C(C(C)C)C(=O)N1C.COc1c(C(=O)O)ccc2c1CCC(C)(C)O2. The molecule has 27 nitrogen and oxygen atoms in total. The smallest absolute Gasteiger partial charge is 0.339 e. The second-order valence-electron chi connectivity index (χ2n) is 30.9. The van der Waals surface area contributed by atoms with Crippen molar-refractivity contribution in [3.05, 3.63) is 35.4 Å². The average molecular weight is 1440 g/mol. The van der Waals surface area contributed by atoms with Gasteiger partial charge in [-0.2, -0.15) is 0 Å². The molecule has 6 N–H and O–H groups in total. The Morgan fingerprint density at radius 2 is 1.04 bits per heavy atom. The number of amides is 11. The van der Waals surface area contributed by atoms with Gasteiger partial charge in [0.1, 0.15) is 83.1 Å². The Hall–Kier alpha value is -7.84. The van der Waals surface area contributed by atoms with Crippen molar-refractivity contribution in [1.82, 2.24) is 55.6 Å². The number of rotatable bonds is 17. The molecular formula is C75H127N11O16. The van der Waals surface area contributed by atoms with E-state index in [1.807, 2.05) is 75.3 Å². The maximum absolute atomic E-state index is 15.1. The Morgan fingerprint density at radius 3 is 1.51 bits per heavy atom. The first-order valence-electron chi connectivity index (χ1n) is 36.1. The predicted molar refractivity (Wildman–Crippen MR) is 391 cm³/mol. The molecule has 0 aromatic heterocycles. The zero-order chi connectivity index (χ0) is 78.6. The lowest BCUT2D eigenvalue weighted by Crippen LogP contribution is -2.63. The standard InChI is InChI=1S/C62H111N11O12.C13H16O4/c1-25-27-28-40(15)52(75)51-56(79)65-43(26-2)58(81)67(18)33-48(74)68(19)44(29-34(3)4)55(78)66-49(38(11)12)61(84)69(20)45(30-35(5)6)54(77)63-41(16)53(76)64-42(17)57(80)70(21)46(31-36(7)8)59(82)71(22)47(32-37(9)10)60(83)72(23)50(39(13)14)62(85)73(51)24;1-13(2)7-6-8-10(17-13)5-4-9(12(14)15)11(8)16-3/h25,27,34-47,49-52,75H,26,28-33H2,1-24H3,(H,63,77)(H,64,76)(H,65,79)(H,66,78);4-5H,6-7H2,1-3H3,(H,14,15). The number of carboxylic acids is 1. The monoisotopic (exact) mass is 1440 g/mol. The molecule has 12 unspecified atom stereocenters. The van der Waals surface area contributed by atoms with Gasteiger partial charge in [-0.15, -0.1) is 0 Å². The van der Waals surface area contributed by atoms with Crippen molar-refractivity contribution in [2.24, 2.45) is 41.4 Å². The van der Waals surface area contributed by atoms with Crippen molar-refractivity contribution in [3.8, 4) is 11.5 Å². The lowest BCUT2D eigenvalue weighted by atomic mass is 9.91. The van der Waals surface area contributed by atoms with Gasteiger partial charge in [-0.25, -0.2) is 4.79 Å². The zero-order valence-corrected chi connectivity index (χ0v) is 66.3. The molecule has 1 saturated heterocycles. The van der Waals surface area contributed by atoms with Crippen LogP contribution in [0.25, 0.3) is 0 Å². The molecule has 1 aromatic carbocycles. The molecule has 27 heteroatoms. The molecule has 0 spiro atoms. The highest BCUT2D eigenvalue weighted by Crippen LogP contribution is 2.40. The fourth-order valence-electron chi connectivity index (χ4n) is 12.8. The molecule has 2 aliphatic heterocycles. The van der Waals surface area contributed by atoms with E-state index in [4.69, 9.17) is 14.6 Å². The summed E-state index contributed by atoms with van der Waals surface area (Å²) in [7, 11) is 11.4. The third-order valence-electron chi connectivity index (χ3n) is 19.1. The van der Waals surface area contributed by atoms with Crippen LogP contribution in [0.1, 0.15) is 192 Å². The molecular weight excluding hydrogens is 1310 g/mol. The molecule has 12 atom stereocenters. The van der Waals surface area contributed by atoms with Crippen molar-refractivity contribution in [2.75, 3.05) is 63.0 Å². The van der Waals surface area contributed by atoms with Gasteiger partial charge < -0.3 is 75.3 Å². The number of allylic oxidation sites excluding steroid dienone is 2. The zero-order valence-electron chi connectivity index (χ0n) is 66.3. The van der Waals surface area contributed by atoms with Crippen molar-refractivity contribution < 1.29 is 77.2 Å². The van der Waals surface area contributed by atoms with Crippen LogP contribution >= 0.6 is 0 Å². The first-order chi connectivity index (χ1) is 47.2. The summed E-state index contributed by atoms with van der Waals surface area (Å²) in [6.07, 6.45) is 4.66. The fraction of sp³-hybridized carbons (Fsp3) is 0.733. The van der Waals surface area contributed by atoms with E-state index in [1.54, 1.807) is 60.6 Å². The highest BCUT2D eigenvalue weighted by atomic mass is 16.5. The van der Waals surface area contributed by atoms with E-state index < -0.39 is 162 Å². The van der Waals surface area contributed by atoms with Crippen LogP contribution < -0.4 is 30.7 Å². The number of ether oxygens (including phenoxy) is 2. The minimum Gasteiger partial charge on any atom is -0.495 e. The molecule has 1 fully saturated rings. The van der Waals surface area contributed by atoms with Gasteiger partial charge in [0.25, 0.3) is 0 Å². The molecule has 0 radical (unpaired) electrons. The van der Waals surface area contributed by atoms with Gasteiger partial charge in [-0.1, -0.05) is 109 Å². The largest absolute Gasteiger partial charge is 0.495 e. The third-order valence-corrected chi connectivity index (χ3v) is 19.1. The van der Waals surface area contributed by atoms with Crippen LogP contribution in [0.2, 0.25) is 0 Å². The lowest BCUT2D eigenvalue weighted by Gasteiger charge is -2.41. The summed E-state index contributed by atoms with van der Waals surface area (Å²) in [5.74, 6) is -9.54. The van der Waals surface area contributed by atoms with E-state index in [1.165, 1.54) is 101 Å². The minimum atomic E-state index is -1.61. The number of aliphatic hydroxyl groups excluding tert-OH is 1. The number of aromatic carboxylic acids is 1. The van der Waals surface area contributed by atoms with Crippen LogP contribution in [0.15, 0.2) is 24.3 Å². The third kappa shape index (κ3) is 24.7. The number of methoxy groups -OCH3 is 1. The van der Waals surface area contributed by atoms with Crippen LogP contribution in [0.5, 0.6) is 11.5 Å². The quantitative estimate of drug-likeness (QED) is 0.101. The maximum atomic E-state index is 15.1. The number of fused-ring (bicyclic) bond motifs is 1. The summed E-state index contributed by atoms with van der Waals surface area (Å²) in [6, 6.07) is -9.09. The van der Waals surface area contributed by atoms with Gasteiger partial charge in [0.2, 0.25) is 65.0 Å². The number of nitrogens with zero attached hydrogens (tertiary/aromatic N) is 7. The van der Waals surface area contributed by atoms with E-state index in [-0.39, 0.29) is 66.9 Å². The minimum absolute atomic E-state index is 0.0229. The number of hydrogen-bond acceptors (Lipinski definition) is 15. The van der Waals surface area contributed by atoms with Gasteiger partial charge >= 0.3 is 5.97 Å². The predicted octanol–water partition coefficient (Wildman–Crippen LogP) is 5.77. The van der Waals surface area contributed by atoms with Crippen molar-refractivity contribution >= 4 is 70.9 Å². The number of aliphatic hydroxyl groups is 1. The average Bonchev–Trinajstić information content (AvgIpc) is 0.792. The summed E-state index contributed by atoms with van der Waals surface area (Å²) in [5, 5.41) is 32.1. The molecule has 0 aliphatic carbocycles. The van der Waals surface area contributed by atoms with E-state index >= 15 is 9.59 Å². The molecule has 2 heterocycles. The Balaban J connectivity index is 0.00000179. The Bertz CT molecular complexity index is 3090. The van der Waals surface area contributed by atoms with Crippen molar-refractivity contribution in [1.29, 1.82) is 0 Å². The first kappa shape index (κ1) is 90.2. The number of likely N-dealkylation sites (N-methyl/N-ethyl adjacent to an activating group) is 7. The Morgan fingerprint density at radius 1 is 0.578 bits per heavy atom.